The molecule has 0 unspecified atom stereocenters. The van der Waals surface area contributed by atoms with Gasteiger partial charge in [0.15, 0.2) is 0 Å². The lowest BCUT2D eigenvalue weighted by Crippen LogP contribution is -2.49. The zero-order valence-corrected chi connectivity index (χ0v) is 19.2. The molecule has 0 radical (unpaired) electrons. The fraction of sp³-hybridized carbons (Fsp3) is 0.560. The first-order chi connectivity index (χ1) is 15.7. The largest absolute Gasteiger partial charge is 0.355 e. The quantitative estimate of drug-likeness (QED) is 0.686. The van der Waals surface area contributed by atoms with Gasteiger partial charge in [-0.05, 0) is 31.4 Å². The molecule has 7 heteroatoms. The van der Waals surface area contributed by atoms with E-state index in [1.807, 2.05) is 30.6 Å². The molecule has 0 bridgehead atoms. The van der Waals surface area contributed by atoms with Crippen molar-refractivity contribution in [3.8, 4) is 11.1 Å². The maximum absolute atomic E-state index is 12.6. The number of benzene rings is 1. The minimum Gasteiger partial charge on any atom is -0.355 e. The molecule has 7 nitrogen and oxygen atoms in total. The van der Waals surface area contributed by atoms with Gasteiger partial charge >= 0.3 is 0 Å². The van der Waals surface area contributed by atoms with Gasteiger partial charge in [-0.3, -0.25) is 9.69 Å². The van der Waals surface area contributed by atoms with Gasteiger partial charge in [-0.15, -0.1) is 0 Å². The summed E-state index contributed by atoms with van der Waals surface area (Å²) >= 11 is 0. The van der Waals surface area contributed by atoms with Crippen LogP contribution < -0.4 is 10.2 Å². The van der Waals surface area contributed by atoms with Crippen molar-refractivity contribution in [3.63, 3.8) is 0 Å². The smallest absolute Gasteiger partial charge is 0.225 e. The molecule has 2 fully saturated rings. The average Bonchev–Trinajstić information content (AvgIpc) is 2.86. The summed E-state index contributed by atoms with van der Waals surface area (Å²) in [6.45, 7) is 11.3. The van der Waals surface area contributed by atoms with E-state index in [-0.39, 0.29) is 11.8 Å². The molecule has 3 heterocycles. The molecule has 0 aliphatic carbocycles. The van der Waals surface area contributed by atoms with Crippen molar-refractivity contribution in [2.45, 2.75) is 26.2 Å². The summed E-state index contributed by atoms with van der Waals surface area (Å²) in [4.78, 5) is 29.0. The van der Waals surface area contributed by atoms with Crippen LogP contribution in [0.3, 0.4) is 0 Å². The second-order valence-electron chi connectivity index (χ2n) is 8.87. The second-order valence-corrected chi connectivity index (χ2v) is 8.87. The highest BCUT2D eigenvalue weighted by Crippen LogP contribution is 2.23. The Labute approximate surface area is 191 Å². The van der Waals surface area contributed by atoms with Gasteiger partial charge in [0.05, 0.1) is 0 Å². The van der Waals surface area contributed by atoms with Gasteiger partial charge in [0, 0.05) is 76.2 Å². The lowest BCUT2D eigenvalue weighted by atomic mass is 9.96. The first kappa shape index (κ1) is 22.7. The van der Waals surface area contributed by atoms with E-state index >= 15 is 0 Å². The predicted octanol–water partition coefficient (Wildman–Crippen LogP) is 2.50. The van der Waals surface area contributed by atoms with Crippen LogP contribution in [0.5, 0.6) is 0 Å². The summed E-state index contributed by atoms with van der Waals surface area (Å²) in [6.07, 6.45) is 6.70. The van der Waals surface area contributed by atoms with Gasteiger partial charge in [0.1, 0.15) is 0 Å². The van der Waals surface area contributed by atoms with E-state index in [0.29, 0.717) is 0 Å². The fourth-order valence-electron chi connectivity index (χ4n) is 4.64. The molecule has 2 saturated heterocycles. The number of hydrogen-bond acceptors (Lipinski definition) is 6. The van der Waals surface area contributed by atoms with E-state index in [0.717, 1.165) is 82.3 Å². The first-order valence-electron chi connectivity index (χ1n) is 12.1. The van der Waals surface area contributed by atoms with Crippen LogP contribution in [0.2, 0.25) is 0 Å². The van der Waals surface area contributed by atoms with Crippen LogP contribution in [-0.4, -0.2) is 84.6 Å². The summed E-state index contributed by atoms with van der Waals surface area (Å²) in [5.74, 6) is 1.05. The maximum Gasteiger partial charge on any atom is 0.225 e. The molecule has 2 aromatic rings. The summed E-state index contributed by atoms with van der Waals surface area (Å²) in [5.41, 5.74) is 2.15. The summed E-state index contributed by atoms with van der Waals surface area (Å²) < 4.78 is 0. The zero-order valence-electron chi connectivity index (χ0n) is 19.2. The predicted molar refractivity (Wildman–Crippen MR) is 129 cm³/mol. The van der Waals surface area contributed by atoms with Crippen molar-refractivity contribution in [1.29, 1.82) is 0 Å². The number of nitrogens with one attached hydrogen (secondary N) is 1. The standard InChI is InChI=1S/C25H36N6O/c1-2-11-29-15-17-30(18-16-29)14-10-26-24(32)22-8-12-31(13-9-22)25-27-19-23(20-28-25)21-6-4-3-5-7-21/h3-7,19-20,22H,2,8-18H2,1H3,(H,26,32). The van der Waals surface area contributed by atoms with Crippen molar-refractivity contribution in [1.82, 2.24) is 25.1 Å². The molecule has 1 amide bonds. The zero-order chi connectivity index (χ0) is 22.2. The third-order valence-electron chi connectivity index (χ3n) is 6.63. The molecule has 0 spiro atoms. The van der Waals surface area contributed by atoms with E-state index in [1.165, 1.54) is 13.0 Å². The Kier molecular flexibility index (Phi) is 8.07. The second kappa shape index (κ2) is 11.4. The van der Waals surface area contributed by atoms with E-state index in [9.17, 15) is 4.79 Å². The Bertz CT molecular complexity index is 827. The van der Waals surface area contributed by atoms with Gasteiger partial charge in [-0.2, -0.15) is 0 Å². The number of nitrogens with zero attached hydrogens (tertiary/aromatic N) is 5. The van der Waals surface area contributed by atoms with Crippen molar-refractivity contribution in [2.24, 2.45) is 5.92 Å². The van der Waals surface area contributed by atoms with Crippen LogP contribution in [0.25, 0.3) is 11.1 Å². The number of piperazine rings is 1. The number of piperidine rings is 1. The van der Waals surface area contributed by atoms with E-state index in [4.69, 9.17) is 0 Å². The third kappa shape index (κ3) is 6.04. The molecule has 4 rings (SSSR count). The first-order valence-corrected chi connectivity index (χ1v) is 12.1. The SMILES string of the molecule is CCCN1CCN(CCNC(=O)C2CCN(c3ncc(-c4ccccc4)cn3)CC2)CC1. The highest BCUT2D eigenvalue weighted by molar-refractivity contribution is 5.78. The summed E-state index contributed by atoms with van der Waals surface area (Å²) in [7, 11) is 0. The molecule has 1 aromatic carbocycles. The lowest BCUT2D eigenvalue weighted by molar-refractivity contribution is -0.125. The van der Waals surface area contributed by atoms with Crippen LogP contribution in [0.4, 0.5) is 5.95 Å². The number of rotatable bonds is 8. The number of aromatic nitrogens is 2. The van der Waals surface area contributed by atoms with Crippen LogP contribution in [0.1, 0.15) is 26.2 Å². The van der Waals surface area contributed by atoms with Gasteiger partial charge in [-0.25, -0.2) is 9.97 Å². The van der Waals surface area contributed by atoms with E-state index < -0.39 is 0 Å². The fourth-order valence-corrected chi connectivity index (χ4v) is 4.64. The monoisotopic (exact) mass is 436 g/mol. The minimum absolute atomic E-state index is 0.0937. The van der Waals surface area contributed by atoms with Gasteiger partial charge in [0.2, 0.25) is 11.9 Å². The number of anilines is 1. The third-order valence-corrected chi connectivity index (χ3v) is 6.63. The van der Waals surface area contributed by atoms with Crippen molar-refractivity contribution >= 4 is 11.9 Å². The molecule has 2 aliphatic rings. The highest BCUT2D eigenvalue weighted by Gasteiger charge is 2.26. The maximum atomic E-state index is 12.6. The lowest BCUT2D eigenvalue weighted by Gasteiger charge is -2.34. The Morgan fingerprint density at radius 2 is 1.53 bits per heavy atom. The molecular weight excluding hydrogens is 400 g/mol. The van der Waals surface area contributed by atoms with Crippen molar-refractivity contribution in [3.05, 3.63) is 42.7 Å². The molecule has 0 saturated carbocycles. The Balaban J connectivity index is 1.16. The Morgan fingerprint density at radius 1 is 0.906 bits per heavy atom. The molecule has 1 aromatic heterocycles. The van der Waals surface area contributed by atoms with Gasteiger partial charge in [0.25, 0.3) is 0 Å². The molecule has 0 atom stereocenters. The molecule has 2 aliphatic heterocycles. The van der Waals surface area contributed by atoms with Crippen LogP contribution in [0, 0.1) is 5.92 Å². The number of hydrogen-bond donors (Lipinski definition) is 1. The van der Waals surface area contributed by atoms with Gasteiger partial charge < -0.3 is 15.1 Å². The number of amides is 1. The minimum atomic E-state index is 0.0937. The molecular formula is C25H36N6O. The van der Waals surface area contributed by atoms with E-state index in [2.05, 4.69) is 49.0 Å². The number of carbonyl (C=O) groups is 1. The van der Waals surface area contributed by atoms with E-state index in [1.54, 1.807) is 0 Å². The Morgan fingerprint density at radius 3 is 2.16 bits per heavy atom. The molecule has 1 N–H and O–H groups in total. The summed E-state index contributed by atoms with van der Waals surface area (Å²) in [6, 6.07) is 10.2. The van der Waals surface area contributed by atoms with Crippen molar-refractivity contribution < 1.29 is 4.79 Å². The number of carbonyl (C=O) groups excluding carboxylic acids is 1. The van der Waals surface area contributed by atoms with Crippen LogP contribution in [-0.2, 0) is 4.79 Å². The Hall–Kier alpha value is -2.51. The summed E-state index contributed by atoms with van der Waals surface area (Å²) in [5, 5.41) is 3.17. The van der Waals surface area contributed by atoms with Gasteiger partial charge in [-0.1, -0.05) is 37.3 Å². The highest BCUT2D eigenvalue weighted by atomic mass is 16.1. The normalized spacial score (nSPS) is 18.6. The molecule has 172 valence electrons. The van der Waals surface area contributed by atoms with Crippen LogP contribution in [0.15, 0.2) is 42.7 Å². The average molecular weight is 437 g/mol. The topological polar surface area (TPSA) is 64.6 Å². The van der Waals surface area contributed by atoms with Crippen molar-refractivity contribution in [2.75, 3.05) is 63.8 Å². The van der Waals surface area contributed by atoms with Crippen LogP contribution >= 0.6 is 0 Å². The molecule has 32 heavy (non-hydrogen) atoms.